The van der Waals surface area contributed by atoms with Crippen molar-refractivity contribution in [3.8, 4) is 5.75 Å². The number of nitro groups is 1. The number of nitro benzene ring substituents is 1. The lowest BCUT2D eigenvalue weighted by atomic mass is 10.1. The van der Waals surface area contributed by atoms with E-state index in [0.717, 1.165) is 25.0 Å². The highest BCUT2D eigenvalue weighted by molar-refractivity contribution is 5.95. The lowest BCUT2D eigenvalue weighted by molar-refractivity contribution is -0.385. The molecule has 29 heavy (non-hydrogen) atoms. The van der Waals surface area contributed by atoms with Crippen LogP contribution in [0.2, 0.25) is 0 Å². The Morgan fingerprint density at radius 3 is 2.69 bits per heavy atom. The molecular weight excluding hydrogens is 393 g/mol. The van der Waals surface area contributed by atoms with E-state index >= 15 is 0 Å². The van der Waals surface area contributed by atoms with E-state index in [1.807, 2.05) is 0 Å². The molecule has 0 unspecified atom stereocenters. The molecule has 156 valence electrons. The standard InChI is InChI=1S/C18H19F3N4O4/c1-29-15-6-5-12(9-14(15)25(27)28)17(26)22-7-2-8-24-13(11-3-4-11)10-16(23-24)18(19,20)21/h5-6,9-11H,2-4,7-8H2,1H3,(H,22,26). The third-order valence-electron chi connectivity index (χ3n) is 4.57. The second-order valence-corrected chi connectivity index (χ2v) is 6.70. The van der Waals surface area contributed by atoms with Crippen LogP contribution in [0.1, 0.15) is 46.9 Å². The summed E-state index contributed by atoms with van der Waals surface area (Å²) in [5, 5.41) is 17.3. The van der Waals surface area contributed by atoms with Gasteiger partial charge in [0, 0.05) is 36.3 Å². The SMILES string of the molecule is COc1ccc(C(=O)NCCCn2nc(C(F)(F)F)cc2C2CC2)cc1[N+](=O)[O-]. The maximum absolute atomic E-state index is 12.9. The normalized spacial score (nSPS) is 13.9. The summed E-state index contributed by atoms with van der Waals surface area (Å²) >= 11 is 0. The topological polar surface area (TPSA) is 99.3 Å². The highest BCUT2D eigenvalue weighted by Crippen LogP contribution is 2.42. The molecule has 0 atom stereocenters. The minimum atomic E-state index is -4.49. The van der Waals surface area contributed by atoms with E-state index in [-0.39, 0.29) is 36.0 Å². The highest BCUT2D eigenvalue weighted by atomic mass is 19.4. The largest absolute Gasteiger partial charge is 0.490 e. The Balaban J connectivity index is 1.58. The number of aryl methyl sites for hydroxylation is 1. The fourth-order valence-electron chi connectivity index (χ4n) is 2.96. The van der Waals surface area contributed by atoms with E-state index in [1.54, 1.807) is 0 Å². The van der Waals surface area contributed by atoms with Crippen LogP contribution < -0.4 is 10.1 Å². The number of aromatic nitrogens is 2. The molecule has 1 amide bonds. The van der Waals surface area contributed by atoms with Crippen molar-refractivity contribution in [3.05, 3.63) is 51.3 Å². The molecule has 1 N–H and O–H groups in total. The van der Waals surface area contributed by atoms with Gasteiger partial charge in [0.25, 0.3) is 5.91 Å². The number of nitrogens with one attached hydrogen (secondary N) is 1. The fourth-order valence-corrected chi connectivity index (χ4v) is 2.96. The van der Waals surface area contributed by atoms with Gasteiger partial charge < -0.3 is 10.1 Å². The van der Waals surface area contributed by atoms with Crippen LogP contribution in [0.25, 0.3) is 0 Å². The number of halogens is 3. The fraction of sp³-hybridized carbons (Fsp3) is 0.444. The van der Waals surface area contributed by atoms with Crippen LogP contribution in [0.4, 0.5) is 18.9 Å². The summed E-state index contributed by atoms with van der Waals surface area (Å²) in [6.07, 6.45) is -2.44. The molecule has 0 spiro atoms. The van der Waals surface area contributed by atoms with Gasteiger partial charge >= 0.3 is 11.9 Å². The van der Waals surface area contributed by atoms with Gasteiger partial charge in [0.05, 0.1) is 12.0 Å². The Morgan fingerprint density at radius 1 is 1.38 bits per heavy atom. The summed E-state index contributed by atoms with van der Waals surface area (Å²) in [5.41, 5.74) is -0.580. The average Bonchev–Trinajstić information content (AvgIpc) is 3.42. The molecule has 3 rings (SSSR count). The zero-order valence-electron chi connectivity index (χ0n) is 15.5. The van der Waals surface area contributed by atoms with Crippen molar-refractivity contribution < 1.29 is 27.6 Å². The van der Waals surface area contributed by atoms with Crippen molar-refractivity contribution in [1.82, 2.24) is 15.1 Å². The van der Waals surface area contributed by atoms with Crippen molar-refractivity contribution in [2.45, 2.75) is 37.9 Å². The van der Waals surface area contributed by atoms with Crippen LogP contribution in [0.3, 0.4) is 0 Å². The van der Waals surface area contributed by atoms with E-state index in [1.165, 1.54) is 23.9 Å². The van der Waals surface area contributed by atoms with Crippen LogP contribution >= 0.6 is 0 Å². The van der Waals surface area contributed by atoms with Crippen LogP contribution in [-0.4, -0.2) is 34.3 Å². The number of amides is 1. The first-order chi connectivity index (χ1) is 13.7. The number of carbonyl (C=O) groups excluding carboxylic acids is 1. The number of carbonyl (C=O) groups is 1. The number of hydrogen-bond acceptors (Lipinski definition) is 5. The molecule has 1 aromatic carbocycles. The third-order valence-corrected chi connectivity index (χ3v) is 4.57. The van der Waals surface area contributed by atoms with Crippen LogP contribution in [0.5, 0.6) is 5.75 Å². The van der Waals surface area contributed by atoms with Crippen LogP contribution in [0, 0.1) is 10.1 Å². The second kappa shape index (κ2) is 8.10. The van der Waals surface area contributed by atoms with Crippen molar-refractivity contribution in [2.75, 3.05) is 13.7 Å². The molecule has 1 aromatic heterocycles. The van der Waals surface area contributed by atoms with E-state index < -0.39 is 22.7 Å². The molecule has 0 radical (unpaired) electrons. The molecule has 8 nitrogen and oxygen atoms in total. The number of alkyl halides is 3. The van der Waals surface area contributed by atoms with Crippen LogP contribution in [0.15, 0.2) is 24.3 Å². The van der Waals surface area contributed by atoms with Gasteiger partial charge in [-0.1, -0.05) is 0 Å². The molecule has 2 aromatic rings. The summed E-state index contributed by atoms with van der Waals surface area (Å²) in [6.45, 7) is 0.412. The van der Waals surface area contributed by atoms with Crippen LogP contribution in [-0.2, 0) is 12.7 Å². The minimum Gasteiger partial charge on any atom is -0.490 e. The van der Waals surface area contributed by atoms with Crippen molar-refractivity contribution >= 4 is 11.6 Å². The lowest BCUT2D eigenvalue weighted by Gasteiger charge is -2.09. The number of hydrogen-bond donors (Lipinski definition) is 1. The van der Waals surface area contributed by atoms with E-state index in [4.69, 9.17) is 4.74 Å². The molecular formula is C18H19F3N4O4. The molecule has 1 fully saturated rings. The molecule has 1 heterocycles. The molecule has 0 aliphatic heterocycles. The Kier molecular flexibility index (Phi) is 5.76. The van der Waals surface area contributed by atoms with Gasteiger partial charge in [0.2, 0.25) is 0 Å². The monoisotopic (exact) mass is 412 g/mol. The molecule has 1 saturated carbocycles. The van der Waals surface area contributed by atoms with Gasteiger partial charge in [-0.15, -0.1) is 0 Å². The number of benzene rings is 1. The summed E-state index contributed by atoms with van der Waals surface area (Å²) < 4.78 is 44.9. The van der Waals surface area contributed by atoms with E-state index in [2.05, 4.69) is 10.4 Å². The van der Waals surface area contributed by atoms with Gasteiger partial charge in [-0.3, -0.25) is 19.6 Å². The average molecular weight is 412 g/mol. The van der Waals surface area contributed by atoms with Crippen molar-refractivity contribution in [1.29, 1.82) is 0 Å². The Hall–Kier alpha value is -3.11. The minimum absolute atomic E-state index is 0.0401. The quantitative estimate of drug-likeness (QED) is 0.406. The lowest BCUT2D eigenvalue weighted by Crippen LogP contribution is -2.25. The van der Waals surface area contributed by atoms with Crippen molar-refractivity contribution in [2.24, 2.45) is 0 Å². The highest BCUT2D eigenvalue weighted by Gasteiger charge is 2.37. The number of methoxy groups -OCH3 is 1. The molecule has 0 bridgehead atoms. The Bertz CT molecular complexity index is 922. The number of rotatable bonds is 8. The maximum atomic E-state index is 12.9. The van der Waals surface area contributed by atoms with Crippen molar-refractivity contribution in [3.63, 3.8) is 0 Å². The smallest absolute Gasteiger partial charge is 0.435 e. The molecule has 1 aliphatic rings. The van der Waals surface area contributed by atoms with Gasteiger partial charge in [0.15, 0.2) is 11.4 Å². The Morgan fingerprint density at radius 2 is 2.10 bits per heavy atom. The Labute approximate surface area is 163 Å². The first kappa shape index (κ1) is 20.6. The summed E-state index contributed by atoms with van der Waals surface area (Å²) in [5.74, 6) is -0.374. The maximum Gasteiger partial charge on any atom is 0.435 e. The third kappa shape index (κ3) is 4.84. The number of ether oxygens (including phenoxy) is 1. The van der Waals surface area contributed by atoms with Gasteiger partial charge in [0.1, 0.15) is 0 Å². The van der Waals surface area contributed by atoms with Gasteiger partial charge in [-0.2, -0.15) is 18.3 Å². The predicted octanol–water partition coefficient (Wildman–Crippen LogP) is 3.52. The summed E-state index contributed by atoms with van der Waals surface area (Å²) in [6, 6.07) is 4.93. The van der Waals surface area contributed by atoms with E-state index in [0.29, 0.717) is 12.1 Å². The van der Waals surface area contributed by atoms with Gasteiger partial charge in [-0.05, 0) is 37.5 Å². The molecule has 0 saturated heterocycles. The summed E-state index contributed by atoms with van der Waals surface area (Å²) in [4.78, 5) is 22.6. The second-order valence-electron chi connectivity index (χ2n) is 6.70. The first-order valence-corrected chi connectivity index (χ1v) is 8.96. The predicted molar refractivity (Wildman–Crippen MR) is 95.8 cm³/mol. The first-order valence-electron chi connectivity index (χ1n) is 8.96. The molecule has 1 aliphatic carbocycles. The molecule has 11 heteroatoms. The zero-order valence-corrected chi connectivity index (χ0v) is 15.5. The van der Waals surface area contributed by atoms with Gasteiger partial charge in [-0.25, -0.2) is 0 Å². The number of nitrogens with zero attached hydrogens (tertiary/aromatic N) is 3. The summed E-state index contributed by atoms with van der Waals surface area (Å²) in [7, 11) is 1.29. The van der Waals surface area contributed by atoms with E-state index in [9.17, 15) is 28.1 Å². The zero-order chi connectivity index (χ0) is 21.2.